The van der Waals surface area contributed by atoms with Gasteiger partial charge in [-0.05, 0) is 48.6 Å². The lowest BCUT2D eigenvalue weighted by atomic mass is 9.83. The van der Waals surface area contributed by atoms with Crippen molar-refractivity contribution in [1.29, 1.82) is 0 Å². The predicted molar refractivity (Wildman–Crippen MR) is 82.5 cm³/mol. The molecule has 0 saturated carbocycles. The SMILES string of the molecule is CCC(N)(Cc1ccccc1)Cc1cc(F)ccc1Cl. The highest BCUT2D eigenvalue weighted by atomic mass is 35.5. The third-order valence-corrected chi connectivity index (χ3v) is 4.02. The van der Waals surface area contributed by atoms with Crippen LogP contribution in [-0.4, -0.2) is 5.54 Å². The van der Waals surface area contributed by atoms with E-state index >= 15 is 0 Å². The van der Waals surface area contributed by atoms with Gasteiger partial charge < -0.3 is 5.73 Å². The molecule has 0 bridgehead atoms. The summed E-state index contributed by atoms with van der Waals surface area (Å²) < 4.78 is 13.4. The van der Waals surface area contributed by atoms with Crippen molar-refractivity contribution in [2.45, 2.75) is 31.7 Å². The monoisotopic (exact) mass is 291 g/mol. The Hall–Kier alpha value is -1.38. The van der Waals surface area contributed by atoms with Gasteiger partial charge in [0.2, 0.25) is 0 Å². The number of nitrogens with two attached hydrogens (primary N) is 1. The zero-order chi connectivity index (χ0) is 14.6. The van der Waals surface area contributed by atoms with Crippen molar-refractivity contribution in [3.05, 3.63) is 70.5 Å². The lowest BCUT2D eigenvalue weighted by Crippen LogP contribution is -2.43. The van der Waals surface area contributed by atoms with Crippen LogP contribution in [0.1, 0.15) is 24.5 Å². The smallest absolute Gasteiger partial charge is 0.123 e. The Kier molecular flexibility index (Phi) is 4.79. The topological polar surface area (TPSA) is 26.0 Å². The fourth-order valence-electron chi connectivity index (χ4n) is 2.37. The van der Waals surface area contributed by atoms with Crippen molar-refractivity contribution in [3.8, 4) is 0 Å². The second kappa shape index (κ2) is 6.38. The van der Waals surface area contributed by atoms with Crippen LogP contribution in [0, 0.1) is 5.82 Å². The maximum absolute atomic E-state index is 13.4. The minimum absolute atomic E-state index is 0.275. The highest BCUT2D eigenvalue weighted by Crippen LogP contribution is 2.25. The summed E-state index contributed by atoms with van der Waals surface area (Å²) in [6.07, 6.45) is 2.11. The Labute approximate surface area is 124 Å². The van der Waals surface area contributed by atoms with Gasteiger partial charge in [0.15, 0.2) is 0 Å². The minimum Gasteiger partial charge on any atom is -0.325 e. The molecule has 2 N–H and O–H groups in total. The third-order valence-electron chi connectivity index (χ3n) is 3.65. The molecular weight excluding hydrogens is 273 g/mol. The molecule has 2 aromatic rings. The van der Waals surface area contributed by atoms with Gasteiger partial charge in [-0.25, -0.2) is 4.39 Å². The third kappa shape index (κ3) is 3.81. The number of hydrogen-bond donors (Lipinski definition) is 1. The Morgan fingerprint density at radius 1 is 1.10 bits per heavy atom. The highest BCUT2D eigenvalue weighted by Gasteiger charge is 2.25. The quantitative estimate of drug-likeness (QED) is 0.869. The number of halogens is 2. The zero-order valence-electron chi connectivity index (χ0n) is 11.6. The van der Waals surface area contributed by atoms with Crippen LogP contribution < -0.4 is 5.73 Å². The predicted octanol–water partition coefficient (Wildman–Crippen LogP) is 4.37. The van der Waals surface area contributed by atoms with E-state index in [1.54, 1.807) is 6.07 Å². The molecule has 2 rings (SSSR count). The molecule has 3 heteroatoms. The molecule has 0 aliphatic heterocycles. The number of benzene rings is 2. The molecule has 0 aromatic heterocycles. The van der Waals surface area contributed by atoms with Gasteiger partial charge >= 0.3 is 0 Å². The lowest BCUT2D eigenvalue weighted by molar-refractivity contribution is 0.403. The second-order valence-electron chi connectivity index (χ2n) is 5.29. The normalized spacial score (nSPS) is 14.0. The maximum atomic E-state index is 13.4. The van der Waals surface area contributed by atoms with Gasteiger partial charge in [-0.3, -0.25) is 0 Å². The molecule has 0 aliphatic carbocycles. The summed E-state index contributed by atoms with van der Waals surface area (Å²) in [7, 11) is 0. The summed E-state index contributed by atoms with van der Waals surface area (Å²) in [6, 6.07) is 14.5. The number of hydrogen-bond acceptors (Lipinski definition) is 1. The lowest BCUT2D eigenvalue weighted by Gasteiger charge is -2.29. The maximum Gasteiger partial charge on any atom is 0.123 e. The van der Waals surface area contributed by atoms with E-state index in [9.17, 15) is 4.39 Å². The van der Waals surface area contributed by atoms with Crippen molar-refractivity contribution in [1.82, 2.24) is 0 Å². The van der Waals surface area contributed by atoms with Crippen LogP contribution >= 0.6 is 11.6 Å². The van der Waals surface area contributed by atoms with E-state index in [-0.39, 0.29) is 5.82 Å². The Bertz CT molecular complexity index is 570. The van der Waals surface area contributed by atoms with Crippen molar-refractivity contribution in [2.24, 2.45) is 5.73 Å². The van der Waals surface area contributed by atoms with E-state index < -0.39 is 5.54 Å². The second-order valence-corrected chi connectivity index (χ2v) is 5.70. The fourth-order valence-corrected chi connectivity index (χ4v) is 2.56. The molecule has 0 saturated heterocycles. The summed E-state index contributed by atoms with van der Waals surface area (Å²) >= 11 is 6.14. The summed E-state index contributed by atoms with van der Waals surface area (Å²) in [5.74, 6) is -0.275. The highest BCUT2D eigenvalue weighted by molar-refractivity contribution is 6.31. The van der Waals surface area contributed by atoms with Gasteiger partial charge in [0.05, 0.1) is 0 Å². The van der Waals surface area contributed by atoms with E-state index in [1.807, 2.05) is 18.2 Å². The summed E-state index contributed by atoms with van der Waals surface area (Å²) in [5.41, 5.74) is 8.04. The van der Waals surface area contributed by atoms with Crippen LogP contribution in [0.2, 0.25) is 5.02 Å². The van der Waals surface area contributed by atoms with Crippen molar-refractivity contribution in [2.75, 3.05) is 0 Å². The van der Waals surface area contributed by atoms with E-state index in [2.05, 4.69) is 19.1 Å². The summed E-state index contributed by atoms with van der Waals surface area (Å²) in [6.45, 7) is 2.05. The Balaban J connectivity index is 2.20. The molecule has 0 heterocycles. The first-order valence-electron chi connectivity index (χ1n) is 6.79. The molecule has 0 amide bonds. The first kappa shape index (κ1) is 15.0. The van der Waals surface area contributed by atoms with Crippen LogP contribution in [-0.2, 0) is 12.8 Å². The molecule has 0 fully saturated rings. The molecular formula is C17H19ClFN. The van der Waals surface area contributed by atoms with Crippen molar-refractivity contribution < 1.29 is 4.39 Å². The Morgan fingerprint density at radius 2 is 1.80 bits per heavy atom. The number of rotatable bonds is 5. The molecule has 1 nitrogen and oxygen atoms in total. The molecule has 1 atom stereocenters. The first-order valence-corrected chi connectivity index (χ1v) is 7.17. The minimum atomic E-state index is -0.418. The van der Waals surface area contributed by atoms with E-state index in [0.29, 0.717) is 11.4 Å². The average Bonchev–Trinajstić information content (AvgIpc) is 2.44. The van der Waals surface area contributed by atoms with Gasteiger partial charge in [0, 0.05) is 10.6 Å². The molecule has 1 unspecified atom stereocenters. The van der Waals surface area contributed by atoms with Crippen LogP contribution in [0.15, 0.2) is 48.5 Å². The van der Waals surface area contributed by atoms with Crippen LogP contribution in [0.5, 0.6) is 0 Å². The Morgan fingerprint density at radius 3 is 2.45 bits per heavy atom. The van der Waals surface area contributed by atoms with E-state index in [0.717, 1.165) is 18.4 Å². The van der Waals surface area contributed by atoms with E-state index in [4.69, 9.17) is 17.3 Å². The summed E-state index contributed by atoms with van der Waals surface area (Å²) in [5, 5.41) is 0.572. The van der Waals surface area contributed by atoms with Gasteiger partial charge in [-0.1, -0.05) is 48.9 Å². The molecule has 20 heavy (non-hydrogen) atoms. The molecule has 0 aliphatic rings. The van der Waals surface area contributed by atoms with Crippen molar-refractivity contribution in [3.63, 3.8) is 0 Å². The average molecular weight is 292 g/mol. The van der Waals surface area contributed by atoms with Gasteiger partial charge in [0.25, 0.3) is 0 Å². The van der Waals surface area contributed by atoms with Gasteiger partial charge in [-0.15, -0.1) is 0 Å². The largest absolute Gasteiger partial charge is 0.325 e. The standard InChI is InChI=1S/C17H19ClFN/c1-2-17(20,11-13-6-4-3-5-7-13)12-14-10-15(19)8-9-16(14)18/h3-10H,2,11-12,20H2,1H3. The van der Waals surface area contributed by atoms with Crippen LogP contribution in [0.4, 0.5) is 4.39 Å². The molecule has 106 valence electrons. The first-order chi connectivity index (χ1) is 9.52. The van der Waals surface area contributed by atoms with Gasteiger partial charge in [-0.2, -0.15) is 0 Å². The summed E-state index contributed by atoms with van der Waals surface area (Å²) in [4.78, 5) is 0. The zero-order valence-corrected chi connectivity index (χ0v) is 12.3. The molecule has 2 aromatic carbocycles. The molecule has 0 spiro atoms. The van der Waals surface area contributed by atoms with Gasteiger partial charge in [0.1, 0.15) is 5.82 Å². The van der Waals surface area contributed by atoms with E-state index in [1.165, 1.54) is 17.7 Å². The van der Waals surface area contributed by atoms with Crippen LogP contribution in [0.25, 0.3) is 0 Å². The molecule has 0 radical (unpaired) electrons. The fraction of sp³-hybridized carbons (Fsp3) is 0.294. The van der Waals surface area contributed by atoms with Crippen molar-refractivity contribution >= 4 is 11.6 Å². The van der Waals surface area contributed by atoms with Crippen LogP contribution in [0.3, 0.4) is 0 Å².